The van der Waals surface area contributed by atoms with Gasteiger partial charge in [0, 0.05) is 37.9 Å². The summed E-state index contributed by atoms with van der Waals surface area (Å²) in [7, 11) is 0. The third kappa shape index (κ3) is 2.48. The maximum absolute atomic E-state index is 14.8. The van der Waals surface area contributed by atoms with E-state index in [9.17, 15) is 19.1 Å². The van der Waals surface area contributed by atoms with Gasteiger partial charge in [-0.1, -0.05) is 0 Å². The average molecular weight is 346 g/mol. The summed E-state index contributed by atoms with van der Waals surface area (Å²) in [6, 6.07) is 1.64. The molecule has 0 aromatic carbocycles. The van der Waals surface area contributed by atoms with Crippen LogP contribution in [0, 0.1) is 5.82 Å². The van der Waals surface area contributed by atoms with Crippen molar-refractivity contribution in [3.8, 4) is 0 Å². The minimum Gasteiger partial charge on any atom is -0.477 e. The van der Waals surface area contributed by atoms with Crippen molar-refractivity contribution < 1.29 is 14.3 Å². The average Bonchev–Trinajstić information content (AvgIpc) is 2.62. The molecule has 3 saturated heterocycles. The molecule has 3 aliphatic heterocycles. The molecular weight excluding hydrogens is 327 g/mol. The summed E-state index contributed by atoms with van der Waals surface area (Å²) in [6.07, 6.45) is 3.33. The van der Waals surface area contributed by atoms with E-state index in [1.54, 1.807) is 4.57 Å². The van der Waals surface area contributed by atoms with E-state index in [-0.39, 0.29) is 22.8 Å². The number of carboxylic acids is 1. The first-order chi connectivity index (χ1) is 12.0. The van der Waals surface area contributed by atoms with Crippen LogP contribution in [0.4, 0.5) is 10.2 Å². The lowest BCUT2D eigenvalue weighted by Gasteiger charge is -2.46. The fraction of sp³-hybridized carbons (Fsp3) is 0.471. The molecular formula is C17H19FN4O3. The molecule has 2 aromatic heterocycles. The van der Waals surface area contributed by atoms with Crippen molar-refractivity contribution in [2.75, 3.05) is 18.0 Å². The van der Waals surface area contributed by atoms with E-state index < -0.39 is 17.2 Å². The summed E-state index contributed by atoms with van der Waals surface area (Å²) in [5.41, 5.74) is -0.750. The number of fused-ring (bicyclic) bond motifs is 4. The van der Waals surface area contributed by atoms with Crippen molar-refractivity contribution in [2.24, 2.45) is 0 Å². The number of aromatic carboxylic acids is 1. The first-order valence-electron chi connectivity index (χ1n) is 8.46. The Bertz CT molecular complexity index is 918. The fourth-order valence-electron chi connectivity index (χ4n) is 3.84. The van der Waals surface area contributed by atoms with E-state index in [0.717, 1.165) is 25.5 Å². The van der Waals surface area contributed by atoms with Crippen LogP contribution in [-0.4, -0.2) is 45.8 Å². The van der Waals surface area contributed by atoms with Gasteiger partial charge in [0.15, 0.2) is 11.6 Å². The molecule has 0 spiro atoms. The van der Waals surface area contributed by atoms with Crippen LogP contribution >= 0.6 is 0 Å². The van der Waals surface area contributed by atoms with Gasteiger partial charge < -0.3 is 19.9 Å². The van der Waals surface area contributed by atoms with Crippen LogP contribution in [0.25, 0.3) is 11.0 Å². The van der Waals surface area contributed by atoms with Crippen LogP contribution in [0.15, 0.2) is 17.1 Å². The van der Waals surface area contributed by atoms with Gasteiger partial charge >= 0.3 is 5.97 Å². The van der Waals surface area contributed by atoms with Crippen LogP contribution in [0.3, 0.4) is 0 Å². The number of hydrogen-bond donors (Lipinski definition) is 2. The molecule has 2 aromatic rings. The van der Waals surface area contributed by atoms with Crippen molar-refractivity contribution in [3.63, 3.8) is 0 Å². The highest BCUT2D eigenvalue weighted by Gasteiger charge is 2.35. The molecule has 5 rings (SSSR count). The highest BCUT2D eigenvalue weighted by Crippen LogP contribution is 2.30. The van der Waals surface area contributed by atoms with Gasteiger partial charge in [-0.25, -0.2) is 14.2 Å². The molecule has 25 heavy (non-hydrogen) atoms. The number of anilines is 1. The van der Waals surface area contributed by atoms with E-state index >= 15 is 0 Å². The zero-order valence-electron chi connectivity index (χ0n) is 13.8. The maximum Gasteiger partial charge on any atom is 0.341 e. The SMILES string of the molecule is CCn1cc(C(=O)O)c(=O)c2cc(F)c(N3CC4CCC3CN4)nc21. The molecule has 0 radical (unpaired) electrons. The summed E-state index contributed by atoms with van der Waals surface area (Å²) >= 11 is 0. The lowest BCUT2D eigenvalue weighted by molar-refractivity contribution is 0.0695. The van der Waals surface area contributed by atoms with Gasteiger partial charge in [-0.05, 0) is 25.8 Å². The predicted molar refractivity (Wildman–Crippen MR) is 90.8 cm³/mol. The van der Waals surface area contributed by atoms with Gasteiger partial charge in [0.2, 0.25) is 5.43 Å². The van der Waals surface area contributed by atoms with Gasteiger partial charge in [0.25, 0.3) is 0 Å². The van der Waals surface area contributed by atoms with Crippen molar-refractivity contribution in [2.45, 2.75) is 38.4 Å². The van der Waals surface area contributed by atoms with Crippen molar-refractivity contribution >= 4 is 22.8 Å². The van der Waals surface area contributed by atoms with E-state index in [0.29, 0.717) is 24.8 Å². The van der Waals surface area contributed by atoms with E-state index in [1.165, 1.54) is 6.20 Å². The third-order valence-electron chi connectivity index (χ3n) is 5.18. The molecule has 5 heterocycles. The van der Waals surface area contributed by atoms with Crippen molar-refractivity contribution in [1.82, 2.24) is 14.9 Å². The molecule has 2 bridgehead atoms. The number of hydrogen-bond acceptors (Lipinski definition) is 5. The van der Waals surface area contributed by atoms with Crippen LogP contribution in [0.2, 0.25) is 0 Å². The minimum absolute atomic E-state index is 0.00305. The smallest absolute Gasteiger partial charge is 0.341 e. The number of rotatable bonds is 3. The van der Waals surface area contributed by atoms with Crippen LogP contribution in [-0.2, 0) is 6.54 Å². The Balaban J connectivity index is 1.91. The Labute approximate surface area is 143 Å². The first-order valence-corrected chi connectivity index (χ1v) is 8.46. The number of carbonyl (C=O) groups is 1. The zero-order chi connectivity index (χ0) is 17.7. The Morgan fingerprint density at radius 3 is 2.84 bits per heavy atom. The van der Waals surface area contributed by atoms with E-state index in [1.807, 2.05) is 11.8 Å². The van der Waals surface area contributed by atoms with E-state index in [2.05, 4.69) is 10.3 Å². The normalized spacial score (nSPS) is 22.6. The lowest BCUT2D eigenvalue weighted by atomic mass is 9.93. The summed E-state index contributed by atoms with van der Waals surface area (Å²) in [5, 5.41) is 12.6. The molecule has 0 saturated carbocycles. The molecule has 2 unspecified atom stereocenters. The van der Waals surface area contributed by atoms with Crippen LogP contribution in [0.5, 0.6) is 0 Å². The number of pyridine rings is 2. The molecule has 7 nitrogen and oxygen atoms in total. The fourth-order valence-corrected chi connectivity index (χ4v) is 3.84. The summed E-state index contributed by atoms with van der Waals surface area (Å²) < 4.78 is 16.3. The quantitative estimate of drug-likeness (QED) is 0.868. The molecule has 2 N–H and O–H groups in total. The zero-order valence-corrected chi connectivity index (χ0v) is 13.8. The molecule has 0 aliphatic carbocycles. The topological polar surface area (TPSA) is 87.5 Å². The number of nitrogens with one attached hydrogen (secondary N) is 1. The molecule has 2 atom stereocenters. The number of aryl methyl sites for hydroxylation is 1. The summed E-state index contributed by atoms with van der Waals surface area (Å²) in [6.45, 7) is 3.74. The Hall–Kier alpha value is -2.48. The van der Waals surface area contributed by atoms with Crippen LogP contribution in [0.1, 0.15) is 30.1 Å². The molecule has 8 heteroatoms. The number of piperazine rings is 1. The number of nitrogens with zero attached hydrogens (tertiary/aromatic N) is 3. The minimum atomic E-state index is -1.32. The second-order valence-electron chi connectivity index (χ2n) is 6.62. The number of piperidine rings is 2. The van der Waals surface area contributed by atoms with Gasteiger partial charge in [-0.15, -0.1) is 0 Å². The number of carboxylic acid groups (broad SMARTS) is 1. The van der Waals surface area contributed by atoms with Crippen molar-refractivity contribution in [1.29, 1.82) is 0 Å². The number of aromatic nitrogens is 2. The monoisotopic (exact) mass is 346 g/mol. The second kappa shape index (κ2) is 5.80. The lowest BCUT2D eigenvalue weighted by Crippen LogP contribution is -2.61. The van der Waals surface area contributed by atoms with Gasteiger partial charge in [0.05, 0.1) is 5.39 Å². The van der Waals surface area contributed by atoms with E-state index in [4.69, 9.17) is 0 Å². The molecule has 0 amide bonds. The first kappa shape index (κ1) is 16.0. The summed E-state index contributed by atoms with van der Waals surface area (Å²) in [5.74, 6) is -1.66. The Morgan fingerprint density at radius 1 is 1.48 bits per heavy atom. The third-order valence-corrected chi connectivity index (χ3v) is 5.18. The second-order valence-corrected chi connectivity index (χ2v) is 6.62. The predicted octanol–water partition coefficient (Wildman–Crippen LogP) is 1.19. The molecule has 3 fully saturated rings. The Morgan fingerprint density at radius 2 is 2.28 bits per heavy atom. The van der Waals surface area contributed by atoms with Gasteiger partial charge in [-0.3, -0.25) is 4.79 Å². The molecule has 132 valence electrons. The van der Waals surface area contributed by atoms with Crippen molar-refractivity contribution in [3.05, 3.63) is 33.9 Å². The standard InChI is InChI=1S/C17H19FN4O3/c1-2-21-8-12(17(24)25)14(23)11-5-13(18)16(20-15(11)21)22-7-9-3-4-10(22)6-19-9/h5,8-10,19H,2-4,6-7H2,1H3,(H,24,25). The largest absolute Gasteiger partial charge is 0.477 e. The Kier molecular flexibility index (Phi) is 3.72. The molecule has 3 aliphatic rings. The highest BCUT2D eigenvalue weighted by atomic mass is 19.1. The highest BCUT2D eigenvalue weighted by molar-refractivity contribution is 5.92. The van der Waals surface area contributed by atoms with Crippen LogP contribution < -0.4 is 15.6 Å². The summed E-state index contributed by atoms with van der Waals surface area (Å²) in [4.78, 5) is 30.1. The van der Waals surface area contributed by atoms with Gasteiger partial charge in [0.1, 0.15) is 11.2 Å². The van der Waals surface area contributed by atoms with Gasteiger partial charge in [-0.2, -0.15) is 0 Å². The number of halogens is 1. The maximum atomic E-state index is 14.8.